The Balaban J connectivity index is 1.34. The maximum absolute atomic E-state index is 5.96. The van der Waals surface area contributed by atoms with Gasteiger partial charge in [0.05, 0.1) is 18.6 Å². The van der Waals surface area contributed by atoms with Gasteiger partial charge in [-0.05, 0) is 18.1 Å². The van der Waals surface area contributed by atoms with Crippen LogP contribution < -0.4 is 10.6 Å². The molecule has 8 nitrogen and oxygen atoms in total. The number of aryl methyl sites for hydroxylation is 2. The summed E-state index contributed by atoms with van der Waals surface area (Å²) in [6.07, 6.45) is 7.44. The zero-order valence-electron chi connectivity index (χ0n) is 16.0. The summed E-state index contributed by atoms with van der Waals surface area (Å²) in [5.74, 6) is 1.70. The summed E-state index contributed by atoms with van der Waals surface area (Å²) in [4.78, 5) is 15.6. The Bertz CT molecular complexity index is 1100. The molecule has 0 atom stereocenters. The summed E-state index contributed by atoms with van der Waals surface area (Å²) in [6, 6.07) is 14.3. The molecule has 4 heterocycles. The van der Waals surface area contributed by atoms with Crippen LogP contribution in [0.5, 0.6) is 0 Å². The summed E-state index contributed by atoms with van der Waals surface area (Å²) >= 11 is 0. The van der Waals surface area contributed by atoms with E-state index in [9.17, 15) is 0 Å². The van der Waals surface area contributed by atoms with Crippen molar-refractivity contribution < 1.29 is 0 Å². The number of nitrogen functional groups attached to an aromatic ring is 1. The van der Waals surface area contributed by atoms with Crippen LogP contribution >= 0.6 is 0 Å². The van der Waals surface area contributed by atoms with Gasteiger partial charge in [-0.3, -0.25) is 0 Å². The van der Waals surface area contributed by atoms with E-state index >= 15 is 0 Å². The lowest BCUT2D eigenvalue weighted by Gasteiger charge is -2.28. The summed E-state index contributed by atoms with van der Waals surface area (Å²) in [5.41, 5.74) is 9.71. The highest BCUT2D eigenvalue weighted by Gasteiger charge is 2.23. The number of anilines is 2. The maximum atomic E-state index is 5.96. The lowest BCUT2D eigenvalue weighted by atomic mass is 10.1. The molecule has 5 rings (SSSR count). The molecule has 0 saturated heterocycles. The summed E-state index contributed by atoms with van der Waals surface area (Å²) in [5, 5.41) is 4.24. The number of imidazole rings is 1. The second kappa shape index (κ2) is 7.38. The number of hydrogen-bond donors (Lipinski definition) is 1. The van der Waals surface area contributed by atoms with Crippen molar-refractivity contribution in [1.29, 1.82) is 0 Å². The van der Waals surface area contributed by atoms with Crippen LogP contribution in [0, 0.1) is 0 Å². The van der Waals surface area contributed by atoms with Crippen molar-refractivity contribution in [3.63, 3.8) is 0 Å². The zero-order valence-corrected chi connectivity index (χ0v) is 16.0. The van der Waals surface area contributed by atoms with Gasteiger partial charge >= 0.3 is 0 Å². The highest BCUT2D eigenvalue weighted by Crippen LogP contribution is 2.24. The first-order valence-corrected chi connectivity index (χ1v) is 9.72. The van der Waals surface area contributed by atoms with E-state index in [1.54, 1.807) is 10.9 Å². The first kappa shape index (κ1) is 17.4. The molecule has 0 aliphatic carbocycles. The molecule has 0 radical (unpaired) electrons. The van der Waals surface area contributed by atoms with Gasteiger partial charge in [0.15, 0.2) is 5.82 Å². The first-order chi connectivity index (χ1) is 14.3. The molecule has 3 aromatic heterocycles. The zero-order chi connectivity index (χ0) is 19.6. The van der Waals surface area contributed by atoms with Crippen LogP contribution in [-0.2, 0) is 25.9 Å². The van der Waals surface area contributed by atoms with Gasteiger partial charge in [-0.25, -0.2) is 9.67 Å². The van der Waals surface area contributed by atoms with Crippen LogP contribution in [0.25, 0.3) is 5.82 Å². The second-order valence-corrected chi connectivity index (χ2v) is 7.13. The van der Waals surface area contributed by atoms with Crippen LogP contribution in [0.15, 0.2) is 61.2 Å². The van der Waals surface area contributed by atoms with Crippen LogP contribution in [0.1, 0.15) is 17.0 Å². The van der Waals surface area contributed by atoms with Crippen LogP contribution in [0.4, 0.5) is 11.8 Å². The Labute approximate surface area is 168 Å². The maximum Gasteiger partial charge on any atom is 0.224 e. The van der Waals surface area contributed by atoms with Crippen LogP contribution in [0.3, 0.4) is 0 Å². The molecule has 0 unspecified atom stereocenters. The molecule has 0 spiro atoms. The number of fused-ring (bicyclic) bond motifs is 1. The van der Waals surface area contributed by atoms with Crippen molar-refractivity contribution in [1.82, 2.24) is 29.3 Å². The van der Waals surface area contributed by atoms with Gasteiger partial charge in [0, 0.05) is 43.7 Å². The Morgan fingerprint density at radius 2 is 1.90 bits per heavy atom. The number of nitrogens with two attached hydrogens (primary N) is 1. The quantitative estimate of drug-likeness (QED) is 0.566. The molecule has 1 aliphatic heterocycles. The predicted octanol–water partition coefficient (Wildman–Crippen LogP) is 2.25. The fraction of sp³-hybridized carbons (Fsp3) is 0.238. The smallest absolute Gasteiger partial charge is 0.224 e. The number of benzene rings is 1. The monoisotopic (exact) mass is 386 g/mol. The minimum Gasteiger partial charge on any atom is -0.368 e. The molecule has 8 heteroatoms. The molecule has 4 aromatic rings. The first-order valence-electron chi connectivity index (χ1n) is 9.72. The standard InChI is InChI=1S/C21H22N8/c22-21-25-19(13-20(26-21)29-10-4-9-24-29)27-12-8-18-17(14-27)23-15-28(18)11-7-16-5-2-1-3-6-16/h1-6,9-10,13,15H,7-8,11-12,14H2,(H2,22,25,26). The third-order valence-corrected chi connectivity index (χ3v) is 5.26. The van der Waals surface area contributed by atoms with Crippen molar-refractivity contribution >= 4 is 11.8 Å². The van der Waals surface area contributed by atoms with E-state index in [0.717, 1.165) is 37.4 Å². The molecule has 0 bridgehead atoms. The van der Waals surface area contributed by atoms with E-state index in [0.29, 0.717) is 12.4 Å². The lowest BCUT2D eigenvalue weighted by Crippen LogP contribution is -2.32. The lowest BCUT2D eigenvalue weighted by molar-refractivity contribution is 0.622. The fourth-order valence-electron chi connectivity index (χ4n) is 3.78. The van der Waals surface area contributed by atoms with Gasteiger partial charge in [-0.2, -0.15) is 15.1 Å². The molecule has 2 N–H and O–H groups in total. The van der Waals surface area contributed by atoms with E-state index in [2.05, 4.69) is 59.8 Å². The largest absolute Gasteiger partial charge is 0.368 e. The summed E-state index contributed by atoms with van der Waals surface area (Å²) in [6.45, 7) is 2.51. The molecular formula is C21H22N8. The van der Waals surface area contributed by atoms with Gasteiger partial charge in [-0.1, -0.05) is 30.3 Å². The van der Waals surface area contributed by atoms with Crippen molar-refractivity contribution in [2.75, 3.05) is 17.2 Å². The normalized spacial score (nSPS) is 13.4. The molecule has 1 aliphatic rings. The van der Waals surface area contributed by atoms with E-state index in [1.807, 2.05) is 24.7 Å². The van der Waals surface area contributed by atoms with Gasteiger partial charge < -0.3 is 15.2 Å². The Morgan fingerprint density at radius 1 is 1.03 bits per heavy atom. The third kappa shape index (κ3) is 3.56. The topological polar surface area (TPSA) is 90.7 Å². The minimum absolute atomic E-state index is 0.243. The van der Waals surface area contributed by atoms with Crippen molar-refractivity contribution in [3.05, 3.63) is 78.1 Å². The SMILES string of the molecule is Nc1nc(N2CCc3c(ncn3CCc3ccccc3)C2)cc(-n2cccn2)n1. The van der Waals surface area contributed by atoms with Gasteiger partial charge in [0.2, 0.25) is 5.95 Å². The minimum atomic E-state index is 0.243. The molecule has 0 saturated carbocycles. The number of aromatic nitrogens is 6. The van der Waals surface area contributed by atoms with E-state index in [-0.39, 0.29) is 5.95 Å². The highest BCUT2D eigenvalue weighted by molar-refractivity contribution is 5.49. The highest BCUT2D eigenvalue weighted by atomic mass is 15.3. The summed E-state index contributed by atoms with van der Waals surface area (Å²) < 4.78 is 3.97. The number of hydrogen-bond acceptors (Lipinski definition) is 6. The fourth-order valence-corrected chi connectivity index (χ4v) is 3.78. The van der Waals surface area contributed by atoms with Gasteiger partial charge in [0.1, 0.15) is 5.82 Å². The molecule has 1 aromatic carbocycles. The van der Waals surface area contributed by atoms with E-state index < -0.39 is 0 Å². The Kier molecular flexibility index (Phi) is 4.44. The van der Waals surface area contributed by atoms with Crippen molar-refractivity contribution in [3.8, 4) is 5.82 Å². The number of rotatable bonds is 5. The average Bonchev–Trinajstić information content (AvgIpc) is 3.42. The number of nitrogens with zero attached hydrogens (tertiary/aromatic N) is 7. The van der Waals surface area contributed by atoms with Crippen LogP contribution in [-0.4, -0.2) is 35.8 Å². The Hall–Kier alpha value is -3.68. The van der Waals surface area contributed by atoms with Crippen LogP contribution in [0.2, 0.25) is 0 Å². The third-order valence-electron chi connectivity index (χ3n) is 5.26. The predicted molar refractivity (Wildman–Crippen MR) is 111 cm³/mol. The van der Waals surface area contributed by atoms with Crippen molar-refractivity contribution in [2.24, 2.45) is 0 Å². The van der Waals surface area contributed by atoms with Gasteiger partial charge in [0.25, 0.3) is 0 Å². The molecule has 0 fully saturated rings. The molecular weight excluding hydrogens is 364 g/mol. The van der Waals surface area contributed by atoms with E-state index in [4.69, 9.17) is 5.73 Å². The second-order valence-electron chi connectivity index (χ2n) is 7.13. The van der Waals surface area contributed by atoms with Gasteiger partial charge in [-0.15, -0.1) is 0 Å². The average molecular weight is 386 g/mol. The molecule has 146 valence electrons. The molecule has 29 heavy (non-hydrogen) atoms. The van der Waals surface area contributed by atoms with E-state index in [1.165, 1.54) is 11.3 Å². The summed E-state index contributed by atoms with van der Waals surface area (Å²) in [7, 11) is 0. The van der Waals surface area contributed by atoms with Crippen molar-refractivity contribution in [2.45, 2.75) is 25.9 Å². The molecule has 0 amide bonds. The Morgan fingerprint density at radius 3 is 2.72 bits per heavy atom.